The molecular formula is C15H22O2. The monoisotopic (exact) mass is 234 g/mol. The van der Waals surface area contributed by atoms with Gasteiger partial charge in [-0.15, -0.1) is 0 Å². The molecule has 2 nitrogen and oxygen atoms in total. The van der Waals surface area contributed by atoms with E-state index < -0.39 is 0 Å². The van der Waals surface area contributed by atoms with Crippen molar-refractivity contribution >= 4 is 5.78 Å². The third-order valence-electron chi connectivity index (χ3n) is 2.77. The Balaban J connectivity index is 2.34. The highest BCUT2D eigenvalue weighted by Crippen LogP contribution is 2.14. The van der Waals surface area contributed by atoms with Crippen LogP contribution in [0.2, 0.25) is 0 Å². The lowest BCUT2D eigenvalue weighted by atomic mass is 10.0. The molecular weight excluding hydrogens is 212 g/mol. The van der Waals surface area contributed by atoms with Crippen molar-refractivity contribution in [2.75, 3.05) is 6.61 Å². The van der Waals surface area contributed by atoms with Crippen LogP contribution >= 0.6 is 0 Å². The minimum atomic E-state index is 0.162. The maximum absolute atomic E-state index is 11.5. The van der Waals surface area contributed by atoms with Crippen LogP contribution in [0.5, 0.6) is 5.75 Å². The zero-order valence-electron chi connectivity index (χ0n) is 11.0. The molecule has 17 heavy (non-hydrogen) atoms. The van der Waals surface area contributed by atoms with Gasteiger partial charge in [0.1, 0.15) is 11.5 Å². The van der Waals surface area contributed by atoms with Crippen LogP contribution in [0.3, 0.4) is 0 Å². The average molecular weight is 234 g/mol. The highest BCUT2D eigenvalue weighted by atomic mass is 16.5. The average Bonchev–Trinajstić information content (AvgIpc) is 2.31. The number of benzene rings is 1. The quantitative estimate of drug-likeness (QED) is 0.720. The Kier molecular flexibility index (Phi) is 5.75. The first-order valence-corrected chi connectivity index (χ1v) is 6.38. The molecule has 0 aromatic heterocycles. The zero-order chi connectivity index (χ0) is 12.7. The topological polar surface area (TPSA) is 26.3 Å². The number of aryl methyl sites for hydroxylation is 1. The number of carbonyl (C=O) groups is 1. The number of hydrogen-bond donors (Lipinski definition) is 0. The standard InChI is InChI=1S/C15H22O2/c1-4-17-14-10-8-13(9-11-14)6-5-7-15(16)12(2)3/h8-12H,4-7H2,1-3H3. The highest BCUT2D eigenvalue weighted by molar-refractivity contribution is 5.80. The molecule has 1 aromatic carbocycles. The molecule has 0 heterocycles. The number of ether oxygens (including phenoxy) is 1. The predicted octanol–water partition coefficient (Wildman–Crippen LogP) is 3.63. The van der Waals surface area contributed by atoms with Gasteiger partial charge in [-0.1, -0.05) is 26.0 Å². The molecule has 1 rings (SSSR count). The van der Waals surface area contributed by atoms with Crippen LogP contribution in [0.25, 0.3) is 0 Å². The normalized spacial score (nSPS) is 10.6. The fourth-order valence-electron chi connectivity index (χ4n) is 1.67. The van der Waals surface area contributed by atoms with Gasteiger partial charge in [0.05, 0.1) is 6.61 Å². The third-order valence-corrected chi connectivity index (χ3v) is 2.77. The molecule has 0 unspecified atom stereocenters. The van der Waals surface area contributed by atoms with Gasteiger partial charge in [0.2, 0.25) is 0 Å². The lowest BCUT2D eigenvalue weighted by Crippen LogP contribution is -2.06. The fourth-order valence-corrected chi connectivity index (χ4v) is 1.67. The first-order valence-electron chi connectivity index (χ1n) is 6.38. The smallest absolute Gasteiger partial charge is 0.135 e. The van der Waals surface area contributed by atoms with E-state index in [2.05, 4.69) is 12.1 Å². The summed E-state index contributed by atoms with van der Waals surface area (Å²) in [4.78, 5) is 11.5. The number of hydrogen-bond acceptors (Lipinski definition) is 2. The van der Waals surface area contributed by atoms with Gasteiger partial charge in [-0.05, 0) is 37.5 Å². The minimum Gasteiger partial charge on any atom is -0.494 e. The summed E-state index contributed by atoms with van der Waals surface area (Å²) >= 11 is 0. The molecule has 2 heteroatoms. The molecule has 0 amide bonds. The van der Waals surface area contributed by atoms with Gasteiger partial charge >= 0.3 is 0 Å². The van der Waals surface area contributed by atoms with E-state index in [9.17, 15) is 4.79 Å². The van der Waals surface area contributed by atoms with E-state index in [-0.39, 0.29) is 5.92 Å². The first-order chi connectivity index (χ1) is 8.13. The van der Waals surface area contributed by atoms with E-state index in [0.29, 0.717) is 18.8 Å². The van der Waals surface area contributed by atoms with Crippen molar-refractivity contribution in [1.29, 1.82) is 0 Å². The van der Waals surface area contributed by atoms with Crippen molar-refractivity contribution in [3.05, 3.63) is 29.8 Å². The second-order valence-corrected chi connectivity index (χ2v) is 4.55. The van der Waals surface area contributed by atoms with E-state index >= 15 is 0 Å². The van der Waals surface area contributed by atoms with Crippen molar-refractivity contribution in [3.8, 4) is 5.75 Å². The van der Waals surface area contributed by atoms with Gasteiger partial charge in [0.15, 0.2) is 0 Å². The molecule has 94 valence electrons. The van der Waals surface area contributed by atoms with E-state index in [1.54, 1.807) is 0 Å². The number of ketones is 1. The van der Waals surface area contributed by atoms with Gasteiger partial charge in [-0.3, -0.25) is 4.79 Å². The Morgan fingerprint density at radius 3 is 2.41 bits per heavy atom. The fraction of sp³-hybridized carbons (Fsp3) is 0.533. The van der Waals surface area contributed by atoms with E-state index in [1.807, 2.05) is 32.9 Å². The third kappa shape index (κ3) is 5.03. The van der Waals surface area contributed by atoms with Crippen molar-refractivity contribution in [1.82, 2.24) is 0 Å². The largest absolute Gasteiger partial charge is 0.494 e. The van der Waals surface area contributed by atoms with Crippen LogP contribution in [-0.4, -0.2) is 12.4 Å². The molecule has 1 aromatic rings. The molecule has 0 bridgehead atoms. The van der Waals surface area contributed by atoms with E-state index in [4.69, 9.17) is 4.74 Å². The van der Waals surface area contributed by atoms with Gasteiger partial charge in [-0.2, -0.15) is 0 Å². The van der Waals surface area contributed by atoms with E-state index in [1.165, 1.54) is 5.56 Å². The van der Waals surface area contributed by atoms with Gasteiger partial charge in [0, 0.05) is 12.3 Å². The number of Topliss-reactive ketones (excluding diaryl/α,β-unsaturated/α-hetero) is 1. The van der Waals surface area contributed by atoms with Crippen molar-refractivity contribution in [2.45, 2.75) is 40.0 Å². The molecule has 0 saturated carbocycles. The molecule has 0 N–H and O–H groups in total. The Labute approximate surface area is 104 Å². The van der Waals surface area contributed by atoms with Gasteiger partial charge in [0.25, 0.3) is 0 Å². The van der Waals surface area contributed by atoms with Crippen LogP contribution in [0, 0.1) is 5.92 Å². The Morgan fingerprint density at radius 1 is 1.24 bits per heavy atom. The molecule has 0 spiro atoms. The summed E-state index contributed by atoms with van der Waals surface area (Å²) in [7, 11) is 0. The van der Waals surface area contributed by atoms with Crippen molar-refractivity contribution in [3.63, 3.8) is 0 Å². The van der Waals surface area contributed by atoms with E-state index in [0.717, 1.165) is 18.6 Å². The highest BCUT2D eigenvalue weighted by Gasteiger charge is 2.06. The molecule has 0 radical (unpaired) electrons. The molecule has 0 aliphatic rings. The summed E-state index contributed by atoms with van der Waals surface area (Å²) in [6, 6.07) is 8.13. The molecule has 0 atom stereocenters. The maximum Gasteiger partial charge on any atom is 0.135 e. The Bertz CT molecular complexity index is 338. The summed E-state index contributed by atoms with van der Waals surface area (Å²) in [6.07, 6.45) is 2.58. The zero-order valence-corrected chi connectivity index (χ0v) is 11.0. The summed E-state index contributed by atoms with van der Waals surface area (Å²) in [6.45, 7) is 6.59. The van der Waals surface area contributed by atoms with Crippen LogP contribution in [0.15, 0.2) is 24.3 Å². The SMILES string of the molecule is CCOc1ccc(CCCC(=O)C(C)C)cc1. The minimum absolute atomic E-state index is 0.162. The lowest BCUT2D eigenvalue weighted by molar-refractivity contribution is -0.121. The number of carbonyl (C=O) groups excluding carboxylic acids is 1. The summed E-state index contributed by atoms with van der Waals surface area (Å²) < 4.78 is 5.38. The molecule has 0 fully saturated rings. The number of rotatable bonds is 7. The molecule has 0 aliphatic heterocycles. The molecule has 0 aliphatic carbocycles. The van der Waals surface area contributed by atoms with Crippen molar-refractivity contribution in [2.24, 2.45) is 5.92 Å². The second-order valence-electron chi connectivity index (χ2n) is 4.55. The van der Waals surface area contributed by atoms with Crippen LogP contribution in [-0.2, 0) is 11.2 Å². The second kappa shape index (κ2) is 7.10. The van der Waals surface area contributed by atoms with Crippen LogP contribution in [0.1, 0.15) is 39.2 Å². The maximum atomic E-state index is 11.5. The lowest BCUT2D eigenvalue weighted by Gasteiger charge is -2.06. The Hall–Kier alpha value is -1.31. The van der Waals surface area contributed by atoms with Gasteiger partial charge in [-0.25, -0.2) is 0 Å². The Morgan fingerprint density at radius 2 is 1.88 bits per heavy atom. The summed E-state index contributed by atoms with van der Waals surface area (Å²) in [5.41, 5.74) is 1.27. The molecule has 0 saturated heterocycles. The summed E-state index contributed by atoms with van der Waals surface area (Å²) in [5, 5.41) is 0. The summed E-state index contributed by atoms with van der Waals surface area (Å²) in [5.74, 6) is 1.43. The predicted molar refractivity (Wildman–Crippen MR) is 70.4 cm³/mol. The van der Waals surface area contributed by atoms with Crippen LogP contribution in [0.4, 0.5) is 0 Å². The van der Waals surface area contributed by atoms with Gasteiger partial charge < -0.3 is 4.74 Å². The van der Waals surface area contributed by atoms with Crippen molar-refractivity contribution < 1.29 is 9.53 Å². The first kappa shape index (κ1) is 13.8. The van der Waals surface area contributed by atoms with Crippen LogP contribution < -0.4 is 4.74 Å².